The summed E-state index contributed by atoms with van der Waals surface area (Å²) in [4.78, 5) is 29.2. The SMILES string of the molecule is CCOc1cc(C(=O)N2CCN(CC(=O)NC(C)(C)C)CC2)cc(OCC)c1OCC. The van der Waals surface area contributed by atoms with Crippen LogP contribution in [-0.4, -0.2) is 79.7 Å². The summed E-state index contributed by atoms with van der Waals surface area (Å²) in [5, 5.41) is 2.98. The maximum absolute atomic E-state index is 13.2. The quantitative estimate of drug-likeness (QED) is 0.642. The van der Waals surface area contributed by atoms with Gasteiger partial charge in [-0.3, -0.25) is 14.5 Å². The second-order valence-electron chi connectivity index (χ2n) is 8.47. The first kappa shape index (κ1) is 24.8. The summed E-state index contributed by atoms with van der Waals surface area (Å²) in [6, 6.07) is 3.45. The predicted molar refractivity (Wildman–Crippen MR) is 120 cm³/mol. The molecule has 0 bridgehead atoms. The number of amides is 2. The third-order valence-corrected chi connectivity index (χ3v) is 4.70. The molecule has 0 atom stereocenters. The molecule has 1 heterocycles. The number of piperazine rings is 1. The summed E-state index contributed by atoms with van der Waals surface area (Å²) in [6.45, 7) is 15.7. The van der Waals surface area contributed by atoms with Crippen LogP contribution >= 0.6 is 0 Å². The second-order valence-corrected chi connectivity index (χ2v) is 8.47. The summed E-state index contributed by atoms with van der Waals surface area (Å²) in [7, 11) is 0. The van der Waals surface area contributed by atoms with Crippen molar-refractivity contribution in [2.75, 3.05) is 52.5 Å². The molecule has 0 aromatic heterocycles. The van der Waals surface area contributed by atoms with Gasteiger partial charge in [0.05, 0.1) is 26.4 Å². The lowest BCUT2D eigenvalue weighted by atomic mass is 10.1. The molecule has 0 saturated carbocycles. The molecule has 2 rings (SSSR count). The van der Waals surface area contributed by atoms with Gasteiger partial charge in [0.2, 0.25) is 11.7 Å². The van der Waals surface area contributed by atoms with Crippen LogP contribution in [-0.2, 0) is 4.79 Å². The smallest absolute Gasteiger partial charge is 0.254 e. The highest BCUT2D eigenvalue weighted by molar-refractivity contribution is 5.95. The molecule has 1 N–H and O–H groups in total. The Hall–Kier alpha value is -2.48. The molecule has 1 saturated heterocycles. The van der Waals surface area contributed by atoms with Gasteiger partial charge in [0.15, 0.2) is 11.5 Å². The largest absolute Gasteiger partial charge is 0.490 e. The zero-order valence-corrected chi connectivity index (χ0v) is 19.7. The number of hydrogen-bond acceptors (Lipinski definition) is 6. The van der Waals surface area contributed by atoms with Crippen molar-refractivity contribution in [1.82, 2.24) is 15.1 Å². The van der Waals surface area contributed by atoms with Crippen molar-refractivity contribution in [3.8, 4) is 17.2 Å². The van der Waals surface area contributed by atoms with Gasteiger partial charge in [0.1, 0.15) is 0 Å². The Morgan fingerprint density at radius 1 is 0.903 bits per heavy atom. The van der Waals surface area contributed by atoms with Gasteiger partial charge in [0.25, 0.3) is 5.91 Å². The monoisotopic (exact) mass is 435 g/mol. The Bertz CT molecular complexity index is 725. The molecule has 174 valence electrons. The molecule has 2 amide bonds. The Kier molecular flexibility index (Phi) is 8.98. The van der Waals surface area contributed by atoms with Crippen LogP contribution in [0.15, 0.2) is 12.1 Å². The maximum atomic E-state index is 13.2. The van der Waals surface area contributed by atoms with E-state index in [1.807, 2.05) is 41.5 Å². The maximum Gasteiger partial charge on any atom is 0.254 e. The van der Waals surface area contributed by atoms with Gasteiger partial charge in [-0.2, -0.15) is 0 Å². The Labute approximate surface area is 185 Å². The Morgan fingerprint density at radius 3 is 1.87 bits per heavy atom. The minimum Gasteiger partial charge on any atom is -0.490 e. The lowest BCUT2D eigenvalue weighted by molar-refractivity contribution is -0.124. The van der Waals surface area contributed by atoms with Gasteiger partial charge in [-0.1, -0.05) is 0 Å². The van der Waals surface area contributed by atoms with E-state index in [0.29, 0.717) is 75.4 Å². The topological polar surface area (TPSA) is 80.3 Å². The van der Waals surface area contributed by atoms with Crippen molar-refractivity contribution in [2.24, 2.45) is 0 Å². The Balaban J connectivity index is 2.08. The average Bonchev–Trinajstić information content (AvgIpc) is 2.69. The summed E-state index contributed by atoms with van der Waals surface area (Å²) in [6.07, 6.45) is 0. The third kappa shape index (κ3) is 7.31. The normalized spacial score (nSPS) is 14.8. The fraction of sp³-hybridized carbons (Fsp3) is 0.652. The van der Waals surface area contributed by atoms with E-state index in [9.17, 15) is 9.59 Å². The molecule has 1 aromatic rings. The number of rotatable bonds is 9. The number of carbonyl (C=O) groups is 2. The lowest BCUT2D eigenvalue weighted by Gasteiger charge is -2.35. The van der Waals surface area contributed by atoms with Gasteiger partial charge >= 0.3 is 0 Å². The van der Waals surface area contributed by atoms with E-state index < -0.39 is 0 Å². The minimum absolute atomic E-state index is 0.00139. The molecule has 31 heavy (non-hydrogen) atoms. The van der Waals surface area contributed by atoms with Crippen molar-refractivity contribution < 1.29 is 23.8 Å². The summed E-state index contributed by atoms with van der Waals surface area (Å²) in [5.74, 6) is 1.47. The molecule has 8 nitrogen and oxygen atoms in total. The third-order valence-electron chi connectivity index (χ3n) is 4.70. The molecule has 8 heteroatoms. The first-order chi connectivity index (χ1) is 14.7. The van der Waals surface area contributed by atoms with Crippen LogP contribution in [0.25, 0.3) is 0 Å². The van der Waals surface area contributed by atoms with E-state index in [1.165, 1.54) is 0 Å². The summed E-state index contributed by atoms with van der Waals surface area (Å²) < 4.78 is 17.2. The lowest BCUT2D eigenvalue weighted by Crippen LogP contribution is -2.52. The van der Waals surface area contributed by atoms with Crippen LogP contribution in [0.2, 0.25) is 0 Å². The van der Waals surface area contributed by atoms with Crippen molar-refractivity contribution in [3.63, 3.8) is 0 Å². The molecule has 1 aromatic carbocycles. The summed E-state index contributed by atoms with van der Waals surface area (Å²) in [5.41, 5.74) is 0.258. The number of carbonyl (C=O) groups excluding carboxylic acids is 2. The summed E-state index contributed by atoms with van der Waals surface area (Å²) >= 11 is 0. The molecule has 0 aliphatic carbocycles. The molecule has 1 aliphatic rings. The fourth-order valence-electron chi connectivity index (χ4n) is 3.46. The van der Waals surface area contributed by atoms with E-state index in [2.05, 4.69) is 10.2 Å². The number of nitrogens with one attached hydrogen (secondary N) is 1. The second kappa shape index (κ2) is 11.2. The fourth-order valence-corrected chi connectivity index (χ4v) is 3.46. The first-order valence-corrected chi connectivity index (χ1v) is 11.1. The standard InChI is InChI=1S/C23H37N3O5/c1-7-29-18-14-17(15-19(30-8-2)21(18)31-9-3)22(28)26-12-10-25(11-13-26)16-20(27)24-23(4,5)6/h14-15H,7-13,16H2,1-6H3,(H,24,27). The van der Waals surface area contributed by atoms with Gasteiger partial charge in [-0.25, -0.2) is 0 Å². The molecule has 0 spiro atoms. The van der Waals surface area contributed by atoms with Crippen molar-refractivity contribution in [2.45, 2.75) is 47.1 Å². The molecular weight excluding hydrogens is 398 g/mol. The van der Waals surface area contributed by atoms with E-state index in [0.717, 1.165) is 0 Å². The number of benzene rings is 1. The van der Waals surface area contributed by atoms with E-state index in [1.54, 1.807) is 17.0 Å². The van der Waals surface area contributed by atoms with Gasteiger partial charge in [-0.15, -0.1) is 0 Å². The highest BCUT2D eigenvalue weighted by atomic mass is 16.5. The highest BCUT2D eigenvalue weighted by Crippen LogP contribution is 2.39. The van der Waals surface area contributed by atoms with Crippen LogP contribution in [0, 0.1) is 0 Å². The van der Waals surface area contributed by atoms with E-state index >= 15 is 0 Å². The minimum atomic E-state index is -0.251. The molecule has 0 radical (unpaired) electrons. The van der Waals surface area contributed by atoms with E-state index in [4.69, 9.17) is 14.2 Å². The van der Waals surface area contributed by atoms with Crippen molar-refractivity contribution >= 4 is 11.8 Å². The van der Waals surface area contributed by atoms with Crippen LogP contribution in [0.5, 0.6) is 17.2 Å². The number of hydrogen-bond donors (Lipinski definition) is 1. The van der Waals surface area contributed by atoms with E-state index in [-0.39, 0.29) is 17.4 Å². The predicted octanol–water partition coefficient (Wildman–Crippen LogP) is 2.56. The van der Waals surface area contributed by atoms with Gasteiger partial charge in [0, 0.05) is 37.3 Å². The van der Waals surface area contributed by atoms with Gasteiger partial charge in [-0.05, 0) is 53.7 Å². The molecular formula is C23H37N3O5. The zero-order valence-electron chi connectivity index (χ0n) is 19.7. The number of ether oxygens (including phenoxy) is 3. The van der Waals surface area contributed by atoms with Crippen LogP contribution < -0.4 is 19.5 Å². The molecule has 0 unspecified atom stereocenters. The highest BCUT2D eigenvalue weighted by Gasteiger charge is 2.26. The van der Waals surface area contributed by atoms with Crippen molar-refractivity contribution in [3.05, 3.63) is 17.7 Å². The molecule has 1 fully saturated rings. The van der Waals surface area contributed by atoms with Crippen molar-refractivity contribution in [1.29, 1.82) is 0 Å². The zero-order chi connectivity index (χ0) is 23.0. The average molecular weight is 436 g/mol. The van der Waals surface area contributed by atoms with Gasteiger partial charge < -0.3 is 24.4 Å². The first-order valence-electron chi connectivity index (χ1n) is 11.1. The Morgan fingerprint density at radius 2 is 1.42 bits per heavy atom. The van der Waals surface area contributed by atoms with Crippen LogP contribution in [0.3, 0.4) is 0 Å². The molecule has 1 aliphatic heterocycles. The van der Waals surface area contributed by atoms with Crippen LogP contribution in [0.1, 0.15) is 51.9 Å². The number of nitrogens with zero attached hydrogens (tertiary/aromatic N) is 2. The van der Waals surface area contributed by atoms with Crippen LogP contribution in [0.4, 0.5) is 0 Å².